The second-order valence-electron chi connectivity index (χ2n) is 2.74. The molecule has 1 aromatic carbocycles. The standard InChI is InChI=1S/C10H14/c1-7-5-8(2)10(4)9(3)6-7/h5-6H,1-4H3/i1D3. The fourth-order valence-electron chi connectivity index (χ4n) is 1.04. The number of hydrogen-bond donors (Lipinski definition) is 0. The number of benzene rings is 1. The van der Waals surface area contributed by atoms with Crippen LogP contribution in [0.2, 0.25) is 0 Å². The molecular weight excluding hydrogens is 120 g/mol. The fraction of sp³-hybridized carbons (Fsp3) is 0.400. The largest absolute Gasteiger partial charge is 0.0561 e. The predicted molar refractivity (Wildman–Crippen MR) is 45.4 cm³/mol. The summed E-state index contributed by atoms with van der Waals surface area (Å²) in [4.78, 5) is 0. The van der Waals surface area contributed by atoms with Crippen LogP contribution in [-0.2, 0) is 0 Å². The summed E-state index contributed by atoms with van der Waals surface area (Å²) in [6, 6.07) is 3.49. The minimum Gasteiger partial charge on any atom is -0.0561 e. The zero-order valence-corrected chi connectivity index (χ0v) is 6.65. The number of hydrogen-bond acceptors (Lipinski definition) is 0. The van der Waals surface area contributed by atoms with Gasteiger partial charge in [0.1, 0.15) is 0 Å². The van der Waals surface area contributed by atoms with Crippen molar-refractivity contribution in [3.63, 3.8) is 0 Å². The maximum absolute atomic E-state index is 7.27. The summed E-state index contributed by atoms with van der Waals surface area (Å²) in [6.07, 6.45) is 0. The van der Waals surface area contributed by atoms with E-state index in [9.17, 15) is 0 Å². The topological polar surface area (TPSA) is 0 Å². The summed E-state index contributed by atoms with van der Waals surface area (Å²) >= 11 is 0. The SMILES string of the molecule is [2H]C([2H])([2H])c1cc(C)c(C)c(C)c1. The lowest BCUT2D eigenvalue weighted by atomic mass is 10.0. The molecule has 0 aliphatic heterocycles. The molecule has 0 spiro atoms. The maximum Gasteiger partial charge on any atom is 0.0280 e. The van der Waals surface area contributed by atoms with Crippen molar-refractivity contribution in [2.75, 3.05) is 0 Å². The van der Waals surface area contributed by atoms with Crippen LogP contribution in [0.15, 0.2) is 12.1 Å². The Balaban J connectivity index is 3.29. The van der Waals surface area contributed by atoms with Gasteiger partial charge in [0.05, 0.1) is 0 Å². The van der Waals surface area contributed by atoms with Crippen molar-refractivity contribution in [3.05, 3.63) is 34.4 Å². The first-order valence-electron chi connectivity index (χ1n) is 4.90. The highest BCUT2D eigenvalue weighted by Crippen LogP contribution is 2.13. The minimum absolute atomic E-state index is 0.438. The van der Waals surface area contributed by atoms with E-state index in [0.29, 0.717) is 5.56 Å². The summed E-state index contributed by atoms with van der Waals surface area (Å²) in [5, 5.41) is 0. The normalized spacial score (nSPS) is 15.7. The van der Waals surface area contributed by atoms with Gasteiger partial charge in [-0.25, -0.2) is 0 Å². The van der Waals surface area contributed by atoms with Gasteiger partial charge >= 0.3 is 0 Å². The molecule has 1 aromatic rings. The molecule has 0 amide bonds. The van der Waals surface area contributed by atoms with Crippen molar-refractivity contribution in [3.8, 4) is 0 Å². The van der Waals surface area contributed by atoms with Gasteiger partial charge in [-0.2, -0.15) is 0 Å². The maximum atomic E-state index is 7.27. The monoisotopic (exact) mass is 137 g/mol. The van der Waals surface area contributed by atoms with Gasteiger partial charge in [0.15, 0.2) is 0 Å². The van der Waals surface area contributed by atoms with E-state index in [2.05, 4.69) is 0 Å². The van der Waals surface area contributed by atoms with Crippen molar-refractivity contribution >= 4 is 0 Å². The van der Waals surface area contributed by atoms with Crippen LogP contribution >= 0.6 is 0 Å². The van der Waals surface area contributed by atoms with Crippen LogP contribution in [0.5, 0.6) is 0 Å². The second kappa shape index (κ2) is 2.45. The molecule has 0 aliphatic rings. The molecule has 0 heterocycles. The van der Waals surface area contributed by atoms with E-state index in [1.807, 2.05) is 20.8 Å². The summed E-state index contributed by atoms with van der Waals surface area (Å²) in [5.74, 6) is 0. The third-order valence-corrected chi connectivity index (χ3v) is 1.93. The molecule has 1 rings (SSSR count). The minimum atomic E-state index is -1.98. The molecule has 0 unspecified atom stereocenters. The number of rotatable bonds is 0. The van der Waals surface area contributed by atoms with Crippen molar-refractivity contribution in [2.24, 2.45) is 0 Å². The first-order chi connectivity index (χ1) is 5.82. The molecular formula is C10H14. The van der Waals surface area contributed by atoms with Crippen LogP contribution in [0.4, 0.5) is 0 Å². The van der Waals surface area contributed by atoms with Crippen LogP contribution < -0.4 is 0 Å². The van der Waals surface area contributed by atoms with Gasteiger partial charge in [-0.3, -0.25) is 0 Å². The first kappa shape index (κ1) is 4.17. The predicted octanol–water partition coefficient (Wildman–Crippen LogP) is 2.92. The van der Waals surface area contributed by atoms with Gasteiger partial charge in [0.2, 0.25) is 0 Å². The Labute approximate surface area is 67.1 Å². The average Bonchev–Trinajstić information content (AvgIpc) is 1.97. The molecule has 0 heteroatoms. The summed E-state index contributed by atoms with van der Waals surface area (Å²) in [5.41, 5.74) is 3.71. The highest BCUT2D eigenvalue weighted by atomic mass is 14.0. The molecule has 0 saturated carbocycles. The Morgan fingerprint density at radius 2 is 1.60 bits per heavy atom. The lowest BCUT2D eigenvalue weighted by molar-refractivity contribution is 1.23. The Hall–Kier alpha value is -0.780. The Bertz CT molecular complexity index is 300. The second-order valence-corrected chi connectivity index (χ2v) is 2.74. The van der Waals surface area contributed by atoms with Crippen LogP contribution in [0.1, 0.15) is 26.4 Å². The molecule has 10 heavy (non-hydrogen) atoms. The van der Waals surface area contributed by atoms with Gasteiger partial charge in [-0.05, 0) is 44.3 Å². The molecule has 0 nitrogen and oxygen atoms in total. The third-order valence-electron chi connectivity index (χ3n) is 1.93. The highest BCUT2D eigenvalue weighted by Gasteiger charge is 1.95. The molecule has 0 radical (unpaired) electrons. The Morgan fingerprint density at radius 3 is 2.00 bits per heavy atom. The van der Waals surface area contributed by atoms with Crippen LogP contribution in [0.25, 0.3) is 0 Å². The van der Waals surface area contributed by atoms with E-state index in [-0.39, 0.29) is 0 Å². The third kappa shape index (κ3) is 1.21. The van der Waals surface area contributed by atoms with Crippen molar-refractivity contribution in [1.29, 1.82) is 0 Å². The lowest BCUT2D eigenvalue weighted by Gasteiger charge is -2.04. The molecule has 0 fully saturated rings. The zero-order valence-electron chi connectivity index (χ0n) is 9.65. The van der Waals surface area contributed by atoms with E-state index in [1.54, 1.807) is 12.1 Å². The lowest BCUT2D eigenvalue weighted by Crippen LogP contribution is -1.86. The molecule has 0 bridgehead atoms. The van der Waals surface area contributed by atoms with Gasteiger partial charge in [-0.1, -0.05) is 17.7 Å². The Kier molecular flexibility index (Phi) is 1.02. The van der Waals surface area contributed by atoms with Gasteiger partial charge in [0, 0.05) is 4.11 Å². The zero-order chi connectivity index (χ0) is 10.2. The van der Waals surface area contributed by atoms with Crippen molar-refractivity contribution in [2.45, 2.75) is 27.6 Å². The van der Waals surface area contributed by atoms with Gasteiger partial charge in [-0.15, -0.1) is 0 Å². The first-order valence-corrected chi connectivity index (χ1v) is 3.40. The van der Waals surface area contributed by atoms with E-state index >= 15 is 0 Å². The van der Waals surface area contributed by atoms with E-state index in [1.165, 1.54) is 5.56 Å². The van der Waals surface area contributed by atoms with Gasteiger partial charge in [0.25, 0.3) is 0 Å². The van der Waals surface area contributed by atoms with Crippen molar-refractivity contribution < 1.29 is 4.11 Å². The van der Waals surface area contributed by atoms with Crippen LogP contribution in [0.3, 0.4) is 0 Å². The smallest absolute Gasteiger partial charge is 0.0280 e. The van der Waals surface area contributed by atoms with Crippen molar-refractivity contribution in [1.82, 2.24) is 0 Å². The molecule has 0 N–H and O–H groups in total. The molecule has 54 valence electrons. The summed E-state index contributed by atoms with van der Waals surface area (Å²) in [7, 11) is 0. The van der Waals surface area contributed by atoms with Crippen LogP contribution in [-0.4, -0.2) is 0 Å². The summed E-state index contributed by atoms with van der Waals surface area (Å²) in [6.45, 7) is 3.91. The Morgan fingerprint density at radius 1 is 1.10 bits per heavy atom. The van der Waals surface area contributed by atoms with E-state index in [0.717, 1.165) is 11.1 Å². The van der Waals surface area contributed by atoms with Crippen LogP contribution in [0, 0.1) is 27.6 Å². The van der Waals surface area contributed by atoms with E-state index < -0.39 is 6.85 Å². The fourth-order valence-corrected chi connectivity index (χ4v) is 1.04. The molecule has 0 saturated heterocycles. The molecule has 0 aliphatic carbocycles. The number of aryl methyl sites for hydroxylation is 3. The molecule has 0 atom stereocenters. The van der Waals surface area contributed by atoms with Gasteiger partial charge < -0.3 is 0 Å². The quantitative estimate of drug-likeness (QED) is 0.515. The average molecular weight is 137 g/mol. The molecule has 0 aromatic heterocycles. The van der Waals surface area contributed by atoms with E-state index in [4.69, 9.17) is 4.11 Å². The highest BCUT2D eigenvalue weighted by molar-refractivity contribution is 5.35. The summed E-state index contributed by atoms with van der Waals surface area (Å²) < 4.78 is 21.8.